The minimum absolute atomic E-state index is 0.0111. The number of hydrogen-bond acceptors (Lipinski definition) is 20. The fraction of sp³-hybridized carbons (Fsp3) is 0.967. The van der Waals surface area contributed by atoms with Gasteiger partial charge in [-0.15, -0.1) is 0 Å². The topological polar surface area (TPSA) is 365 Å². The van der Waals surface area contributed by atoms with Crippen molar-refractivity contribution in [1.82, 2.24) is 10.4 Å². The zero-order chi connectivity index (χ0) is 37.4. The third kappa shape index (κ3) is 10.5. The van der Waals surface area contributed by atoms with E-state index in [1.807, 2.05) is 0 Å². The monoisotopic (exact) mass is 740 g/mol. The highest BCUT2D eigenvalue weighted by molar-refractivity contribution is 5.75. The predicted octanol–water partition coefficient (Wildman–Crippen LogP) is -7.00. The summed E-state index contributed by atoms with van der Waals surface area (Å²) in [6.45, 7) is 0.839. The first-order valence-electron chi connectivity index (χ1n) is 17.7. The third-order valence-corrected chi connectivity index (χ3v) is 9.96. The summed E-state index contributed by atoms with van der Waals surface area (Å²) >= 11 is 0. The molecule has 21 heteroatoms. The standard InChI is InChI=1S/C30H60N8O13/c31-4-1-6-37-11-14-2-3-15(34)28(46-14)49-25-16(35)8-13(9-19(40)38(45)7-5-32)21(41)27(25)51-30-24(44)26(18(12-39)48-30)50-29-20(36)23(43)22(42)17(10-33)47-29/h13-18,20-30,37,39,41-45H,1-12,31-36H2/t13-,14-,15+,16-,17-,18+,20+,21-,22+,23+,24+,25+,26+,27+,28+,29+,30-/m0/s1. The SMILES string of the molecule is NCCCNC[C@@H]1CC[C@@H](N)[C@@H](O[C@H]2[C@H](O[C@@H]3O[C@H](CO)[C@@H](O[C@H]4O[C@@H](CN)[C@@H](O)[C@H](O)[C@H]4N)[C@H]3O)[C@@H](O)[C@H](CC(=O)N(O)CCN)C[C@@H]2N)O1. The quantitative estimate of drug-likeness (QED) is 0.0374. The second-order valence-corrected chi connectivity index (χ2v) is 13.7. The molecule has 4 fully saturated rings. The van der Waals surface area contributed by atoms with Crippen molar-refractivity contribution < 1.29 is 64.0 Å². The molecule has 0 aromatic rings. The lowest BCUT2D eigenvalue weighted by molar-refractivity contribution is -0.292. The van der Waals surface area contributed by atoms with Crippen LogP contribution < -0.4 is 39.7 Å². The molecule has 0 aromatic carbocycles. The lowest BCUT2D eigenvalue weighted by Gasteiger charge is -2.46. The Morgan fingerprint density at radius 3 is 2.14 bits per heavy atom. The number of aliphatic hydroxyl groups is 5. The molecule has 21 nitrogen and oxygen atoms in total. The van der Waals surface area contributed by atoms with Gasteiger partial charge in [-0.25, -0.2) is 5.06 Å². The van der Waals surface area contributed by atoms with E-state index in [-0.39, 0.29) is 38.6 Å². The Labute approximate surface area is 296 Å². The van der Waals surface area contributed by atoms with Crippen LogP contribution in [0.1, 0.15) is 32.1 Å². The predicted molar refractivity (Wildman–Crippen MR) is 176 cm³/mol. The van der Waals surface area contributed by atoms with Crippen LogP contribution >= 0.6 is 0 Å². The average molecular weight is 741 g/mol. The number of hydrogen-bond donors (Lipinski definition) is 13. The fourth-order valence-corrected chi connectivity index (χ4v) is 6.96. The Bertz CT molecular complexity index is 1060. The van der Waals surface area contributed by atoms with Gasteiger partial charge in [0.25, 0.3) is 0 Å². The van der Waals surface area contributed by atoms with Gasteiger partial charge in [-0.05, 0) is 44.7 Å². The highest BCUT2D eigenvalue weighted by Crippen LogP contribution is 2.37. The van der Waals surface area contributed by atoms with Crippen molar-refractivity contribution in [3.05, 3.63) is 0 Å². The molecule has 0 unspecified atom stereocenters. The lowest BCUT2D eigenvalue weighted by Crippen LogP contribution is -2.64. The van der Waals surface area contributed by atoms with Crippen molar-refractivity contribution in [3.63, 3.8) is 0 Å². The number of nitrogens with one attached hydrogen (secondary N) is 1. The number of nitrogens with two attached hydrogens (primary N) is 6. The van der Waals surface area contributed by atoms with Crippen molar-refractivity contribution in [1.29, 1.82) is 0 Å². The van der Waals surface area contributed by atoms with Crippen LogP contribution in [0.25, 0.3) is 0 Å². The lowest BCUT2D eigenvalue weighted by atomic mass is 9.77. The van der Waals surface area contributed by atoms with Crippen molar-refractivity contribution in [2.75, 3.05) is 45.9 Å². The van der Waals surface area contributed by atoms with Gasteiger partial charge in [0.2, 0.25) is 5.91 Å². The zero-order valence-corrected chi connectivity index (χ0v) is 28.8. The minimum Gasteiger partial charge on any atom is -0.394 e. The van der Waals surface area contributed by atoms with E-state index in [4.69, 9.17) is 62.8 Å². The van der Waals surface area contributed by atoms with Crippen molar-refractivity contribution in [3.8, 4) is 0 Å². The normalized spacial score (nSPS) is 43.3. The van der Waals surface area contributed by atoms with Crippen LogP contribution in [0.5, 0.6) is 0 Å². The Hall–Kier alpha value is -1.29. The van der Waals surface area contributed by atoms with Crippen LogP contribution in [0, 0.1) is 5.92 Å². The molecule has 17 atom stereocenters. The summed E-state index contributed by atoms with van der Waals surface area (Å²) in [4.78, 5) is 12.8. The molecule has 0 aromatic heterocycles. The molecule has 3 heterocycles. The Balaban J connectivity index is 1.53. The van der Waals surface area contributed by atoms with Crippen molar-refractivity contribution in [2.24, 2.45) is 40.3 Å². The highest BCUT2D eigenvalue weighted by Gasteiger charge is 2.54. The second kappa shape index (κ2) is 19.9. The van der Waals surface area contributed by atoms with Gasteiger partial charge in [-0.2, -0.15) is 0 Å². The first-order chi connectivity index (χ1) is 24.3. The molecule has 51 heavy (non-hydrogen) atoms. The summed E-state index contributed by atoms with van der Waals surface area (Å²) in [5, 5.41) is 67.7. The molecular weight excluding hydrogens is 680 g/mol. The molecule has 1 saturated carbocycles. The number of nitrogens with zero attached hydrogens (tertiary/aromatic N) is 1. The number of hydroxylamine groups is 2. The van der Waals surface area contributed by atoms with Crippen LogP contribution in [-0.4, -0.2) is 186 Å². The molecule has 19 N–H and O–H groups in total. The number of rotatable bonds is 17. The van der Waals surface area contributed by atoms with Gasteiger partial charge >= 0.3 is 0 Å². The molecule has 0 bridgehead atoms. The van der Waals surface area contributed by atoms with E-state index in [0.29, 0.717) is 37.5 Å². The van der Waals surface area contributed by atoms with Crippen LogP contribution in [0.4, 0.5) is 0 Å². The number of carbonyl (C=O) groups excluding carboxylic acids is 1. The van der Waals surface area contributed by atoms with Gasteiger partial charge in [-0.3, -0.25) is 10.0 Å². The Kier molecular flexibility index (Phi) is 16.5. The molecule has 4 rings (SSSR count). The van der Waals surface area contributed by atoms with Gasteiger partial charge in [0.15, 0.2) is 18.9 Å². The molecule has 3 saturated heterocycles. The van der Waals surface area contributed by atoms with E-state index < -0.39 is 110 Å². The Morgan fingerprint density at radius 1 is 0.784 bits per heavy atom. The maximum atomic E-state index is 12.8. The second-order valence-electron chi connectivity index (χ2n) is 13.7. The molecule has 298 valence electrons. The van der Waals surface area contributed by atoms with Crippen LogP contribution in [0.15, 0.2) is 0 Å². The first-order valence-corrected chi connectivity index (χ1v) is 17.7. The van der Waals surface area contributed by atoms with E-state index in [1.165, 1.54) is 0 Å². The zero-order valence-electron chi connectivity index (χ0n) is 28.8. The van der Waals surface area contributed by atoms with E-state index in [1.54, 1.807) is 0 Å². The smallest absolute Gasteiger partial charge is 0.246 e. The maximum absolute atomic E-state index is 12.8. The maximum Gasteiger partial charge on any atom is 0.246 e. The number of aliphatic hydroxyl groups excluding tert-OH is 5. The molecular formula is C30H60N8O13. The van der Waals surface area contributed by atoms with Gasteiger partial charge in [0, 0.05) is 32.1 Å². The van der Waals surface area contributed by atoms with E-state index in [0.717, 1.165) is 6.42 Å². The molecule has 0 radical (unpaired) electrons. The number of amides is 1. The molecule has 0 spiro atoms. The number of ether oxygens (including phenoxy) is 6. The van der Waals surface area contributed by atoms with Gasteiger partial charge in [0.1, 0.15) is 48.8 Å². The van der Waals surface area contributed by atoms with Crippen molar-refractivity contribution >= 4 is 5.91 Å². The molecule has 4 aliphatic rings. The average Bonchev–Trinajstić information content (AvgIpc) is 3.41. The minimum atomic E-state index is -1.63. The summed E-state index contributed by atoms with van der Waals surface area (Å²) in [6, 6.07) is -2.66. The fourth-order valence-electron chi connectivity index (χ4n) is 6.96. The summed E-state index contributed by atoms with van der Waals surface area (Å²) in [7, 11) is 0. The third-order valence-electron chi connectivity index (χ3n) is 9.96. The highest BCUT2D eigenvalue weighted by atomic mass is 16.8. The summed E-state index contributed by atoms with van der Waals surface area (Å²) in [6.07, 6.45) is -14.3. The van der Waals surface area contributed by atoms with E-state index in [2.05, 4.69) is 5.32 Å². The molecule has 1 aliphatic carbocycles. The van der Waals surface area contributed by atoms with Crippen molar-refractivity contribution in [2.45, 2.75) is 130 Å². The van der Waals surface area contributed by atoms with E-state index >= 15 is 0 Å². The molecule has 3 aliphatic heterocycles. The Morgan fingerprint density at radius 2 is 1.47 bits per heavy atom. The van der Waals surface area contributed by atoms with Crippen LogP contribution in [0.2, 0.25) is 0 Å². The van der Waals surface area contributed by atoms with E-state index in [9.17, 15) is 35.5 Å². The van der Waals surface area contributed by atoms with Gasteiger partial charge < -0.3 is 93.7 Å². The number of carbonyl (C=O) groups is 1. The summed E-state index contributed by atoms with van der Waals surface area (Å²) in [5.74, 6) is -1.53. The first kappa shape index (κ1) is 42.5. The van der Waals surface area contributed by atoms with Gasteiger partial charge in [0.05, 0.1) is 37.4 Å². The summed E-state index contributed by atoms with van der Waals surface area (Å²) < 4.78 is 36.1. The largest absolute Gasteiger partial charge is 0.394 e. The van der Waals surface area contributed by atoms with Gasteiger partial charge in [-0.1, -0.05) is 0 Å². The molecule has 1 amide bonds. The van der Waals surface area contributed by atoms with Crippen LogP contribution in [-0.2, 0) is 33.2 Å². The van der Waals surface area contributed by atoms with Crippen LogP contribution in [0.3, 0.4) is 0 Å². The summed E-state index contributed by atoms with van der Waals surface area (Å²) in [5.41, 5.74) is 35.8.